The van der Waals surface area contributed by atoms with Gasteiger partial charge in [0.15, 0.2) is 0 Å². The van der Waals surface area contributed by atoms with Crippen LogP contribution in [0.5, 0.6) is 0 Å². The third kappa shape index (κ3) is 6.00. The van der Waals surface area contributed by atoms with Crippen LogP contribution in [0.3, 0.4) is 0 Å². The minimum Gasteiger partial charge on any atom is -0.480 e. The zero-order valence-electron chi connectivity index (χ0n) is 10.7. The van der Waals surface area contributed by atoms with E-state index in [2.05, 4.69) is 5.32 Å². The van der Waals surface area contributed by atoms with Crippen LogP contribution >= 0.6 is 0 Å². The molecule has 0 aromatic carbocycles. The van der Waals surface area contributed by atoms with Gasteiger partial charge in [0.1, 0.15) is 6.54 Å². The first-order chi connectivity index (χ1) is 8.38. The molecule has 2 amide bonds. The van der Waals surface area contributed by atoms with Crippen molar-refractivity contribution in [1.29, 1.82) is 0 Å². The van der Waals surface area contributed by atoms with Gasteiger partial charge in [-0.2, -0.15) is 0 Å². The molecule has 0 spiro atoms. The molecule has 0 saturated heterocycles. The summed E-state index contributed by atoms with van der Waals surface area (Å²) in [7, 11) is -0.984. The summed E-state index contributed by atoms with van der Waals surface area (Å²) in [4.78, 5) is 23.9. The third-order valence-electron chi connectivity index (χ3n) is 2.64. The summed E-state index contributed by atoms with van der Waals surface area (Å²) < 4.78 is 11.0. The van der Waals surface area contributed by atoms with Crippen molar-refractivity contribution in [2.24, 2.45) is 5.92 Å². The molecular weight excluding hydrogens is 256 g/mol. The second kappa shape index (κ2) is 6.72. The smallest absolute Gasteiger partial charge is 0.323 e. The number of hydrogen-bond acceptors (Lipinski definition) is 3. The molecular formula is C11H20N2O4S. The average molecular weight is 276 g/mol. The Morgan fingerprint density at radius 2 is 2.11 bits per heavy atom. The van der Waals surface area contributed by atoms with Crippen LogP contribution in [0, 0.1) is 5.92 Å². The molecule has 0 heterocycles. The summed E-state index contributed by atoms with van der Waals surface area (Å²) >= 11 is 0. The summed E-state index contributed by atoms with van der Waals surface area (Å²) in [5.41, 5.74) is 0. The maximum Gasteiger partial charge on any atom is 0.323 e. The molecule has 1 aliphatic rings. The number of rotatable bonds is 7. The monoisotopic (exact) mass is 276 g/mol. The molecule has 18 heavy (non-hydrogen) atoms. The van der Waals surface area contributed by atoms with E-state index in [0.717, 1.165) is 12.8 Å². The molecule has 2 atom stereocenters. The Labute approximate surface area is 109 Å². The molecule has 0 aliphatic heterocycles. The minimum absolute atomic E-state index is 0.223. The summed E-state index contributed by atoms with van der Waals surface area (Å²) in [6.45, 7) is 1.96. The van der Waals surface area contributed by atoms with Gasteiger partial charge in [-0.05, 0) is 25.7 Å². The number of amides is 2. The highest BCUT2D eigenvalue weighted by atomic mass is 32.2. The number of urea groups is 1. The molecule has 6 nitrogen and oxygen atoms in total. The van der Waals surface area contributed by atoms with Crippen LogP contribution < -0.4 is 5.32 Å². The lowest BCUT2D eigenvalue weighted by molar-refractivity contribution is -0.137. The van der Waals surface area contributed by atoms with Gasteiger partial charge in [-0.3, -0.25) is 9.00 Å². The van der Waals surface area contributed by atoms with Crippen molar-refractivity contribution < 1.29 is 18.9 Å². The standard InChI is InChI=1S/C11H20N2O4S/c1-8(7-18(2)17)12-11(16)13(6-10(14)15)5-9-3-4-9/h8-9H,3-7H2,1-2H3,(H,12,16)(H,14,15). The third-order valence-corrected chi connectivity index (χ3v) is 3.61. The Bertz CT molecular complexity index is 344. The summed E-state index contributed by atoms with van der Waals surface area (Å²) in [5, 5.41) is 11.5. The predicted molar refractivity (Wildman–Crippen MR) is 68.9 cm³/mol. The topological polar surface area (TPSA) is 86.7 Å². The van der Waals surface area contributed by atoms with E-state index >= 15 is 0 Å². The summed E-state index contributed by atoms with van der Waals surface area (Å²) in [6, 6.07) is -0.610. The van der Waals surface area contributed by atoms with Gasteiger partial charge in [0.25, 0.3) is 0 Å². The summed E-state index contributed by atoms with van der Waals surface area (Å²) in [5.74, 6) is -0.209. The average Bonchev–Trinajstić information content (AvgIpc) is 2.98. The molecule has 1 saturated carbocycles. The van der Waals surface area contributed by atoms with Crippen molar-refractivity contribution in [2.45, 2.75) is 25.8 Å². The van der Waals surface area contributed by atoms with E-state index in [4.69, 9.17) is 5.11 Å². The number of nitrogens with one attached hydrogen (secondary N) is 1. The van der Waals surface area contributed by atoms with E-state index < -0.39 is 16.8 Å². The van der Waals surface area contributed by atoms with Crippen LogP contribution in [0.2, 0.25) is 0 Å². The Morgan fingerprint density at radius 1 is 1.50 bits per heavy atom. The molecule has 2 unspecified atom stereocenters. The summed E-state index contributed by atoms with van der Waals surface area (Å²) in [6.07, 6.45) is 3.68. The lowest BCUT2D eigenvalue weighted by Gasteiger charge is -2.23. The fourth-order valence-electron chi connectivity index (χ4n) is 1.69. The number of carbonyl (C=O) groups is 2. The highest BCUT2D eigenvalue weighted by molar-refractivity contribution is 7.84. The van der Waals surface area contributed by atoms with Crippen molar-refractivity contribution >= 4 is 22.8 Å². The van der Waals surface area contributed by atoms with Gasteiger partial charge in [-0.15, -0.1) is 0 Å². The SMILES string of the molecule is CC(CS(C)=O)NC(=O)N(CC(=O)O)CC1CC1. The largest absolute Gasteiger partial charge is 0.480 e. The molecule has 0 aromatic heterocycles. The maximum atomic E-state index is 11.9. The van der Waals surface area contributed by atoms with E-state index in [1.165, 1.54) is 4.90 Å². The second-order valence-corrected chi connectivity index (χ2v) is 6.29. The molecule has 7 heteroatoms. The fraction of sp³-hybridized carbons (Fsp3) is 0.818. The zero-order valence-corrected chi connectivity index (χ0v) is 11.5. The highest BCUT2D eigenvalue weighted by Gasteiger charge is 2.28. The molecule has 1 rings (SSSR count). The highest BCUT2D eigenvalue weighted by Crippen LogP contribution is 2.29. The lowest BCUT2D eigenvalue weighted by atomic mass is 10.3. The quantitative estimate of drug-likeness (QED) is 0.698. The van der Waals surface area contributed by atoms with E-state index in [9.17, 15) is 13.8 Å². The van der Waals surface area contributed by atoms with Crippen molar-refractivity contribution in [2.75, 3.05) is 25.1 Å². The van der Waals surface area contributed by atoms with Crippen LogP contribution in [0.25, 0.3) is 0 Å². The lowest BCUT2D eigenvalue weighted by Crippen LogP contribution is -2.48. The molecule has 1 aliphatic carbocycles. The van der Waals surface area contributed by atoms with Gasteiger partial charge >= 0.3 is 12.0 Å². The molecule has 104 valence electrons. The van der Waals surface area contributed by atoms with Crippen LogP contribution in [0.1, 0.15) is 19.8 Å². The predicted octanol–water partition coefficient (Wildman–Crippen LogP) is 0.260. The fourth-order valence-corrected chi connectivity index (χ4v) is 2.48. The van der Waals surface area contributed by atoms with Crippen LogP contribution in [-0.2, 0) is 15.6 Å². The van der Waals surface area contributed by atoms with Crippen LogP contribution in [0.4, 0.5) is 4.79 Å². The normalized spacial score (nSPS) is 17.9. The molecule has 2 N–H and O–H groups in total. The van der Waals surface area contributed by atoms with Crippen molar-refractivity contribution in [3.8, 4) is 0 Å². The Kier molecular flexibility index (Phi) is 5.58. The first kappa shape index (κ1) is 14.9. The van der Waals surface area contributed by atoms with Gasteiger partial charge in [0.2, 0.25) is 0 Å². The van der Waals surface area contributed by atoms with E-state index in [0.29, 0.717) is 18.2 Å². The van der Waals surface area contributed by atoms with Crippen molar-refractivity contribution in [3.63, 3.8) is 0 Å². The number of hydrogen-bond donors (Lipinski definition) is 2. The second-order valence-electron chi connectivity index (χ2n) is 4.81. The first-order valence-corrected chi connectivity index (χ1v) is 7.68. The Balaban J connectivity index is 2.46. The van der Waals surface area contributed by atoms with E-state index in [1.807, 2.05) is 0 Å². The Hall–Kier alpha value is -1.11. The van der Waals surface area contributed by atoms with Crippen LogP contribution in [-0.4, -0.2) is 57.4 Å². The van der Waals surface area contributed by atoms with Gasteiger partial charge in [-0.1, -0.05) is 0 Å². The number of carboxylic acid groups (broad SMARTS) is 1. The van der Waals surface area contributed by atoms with Gasteiger partial charge in [-0.25, -0.2) is 4.79 Å². The van der Waals surface area contributed by atoms with E-state index in [1.54, 1.807) is 13.2 Å². The van der Waals surface area contributed by atoms with Crippen molar-refractivity contribution in [3.05, 3.63) is 0 Å². The number of nitrogens with zero attached hydrogens (tertiary/aromatic N) is 1. The number of aliphatic carboxylic acids is 1. The zero-order chi connectivity index (χ0) is 13.7. The minimum atomic E-state index is -1.02. The van der Waals surface area contributed by atoms with Crippen molar-refractivity contribution in [1.82, 2.24) is 10.2 Å². The van der Waals surface area contributed by atoms with Crippen LogP contribution in [0.15, 0.2) is 0 Å². The van der Waals surface area contributed by atoms with Gasteiger partial charge in [0, 0.05) is 35.4 Å². The van der Waals surface area contributed by atoms with Gasteiger partial charge < -0.3 is 15.3 Å². The first-order valence-electron chi connectivity index (χ1n) is 5.95. The van der Waals surface area contributed by atoms with Gasteiger partial charge in [0.05, 0.1) is 0 Å². The number of carboxylic acids is 1. The molecule has 0 aromatic rings. The molecule has 0 bridgehead atoms. The number of carbonyl (C=O) groups excluding carboxylic acids is 1. The molecule has 0 radical (unpaired) electrons. The maximum absolute atomic E-state index is 11.9. The Morgan fingerprint density at radius 3 is 2.56 bits per heavy atom. The van der Waals surface area contributed by atoms with E-state index in [-0.39, 0.29) is 18.6 Å². The molecule has 1 fully saturated rings.